The maximum Gasteiger partial charge on any atom is 0.243 e. The second kappa shape index (κ2) is 6.98. The molecule has 0 bridgehead atoms. The van der Waals surface area contributed by atoms with E-state index in [4.69, 9.17) is 4.98 Å². The van der Waals surface area contributed by atoms with Crippen molar-refractivity contribution in [3.63, 3.8) is 0 Å². The van der Waals surface area contributed by atoms with Gasteiger partial charge in [-0.25, -0.2) is 8.42 Å². The lowest BCUT2D eigenvalue weighted by molar-refractivity contribution is 0.0988. The molecule has 1 aromatic heterocycles. The number of piperazine rings is 1. The van der Waals surface area contributed by atoms with Crippen molar-refractivity contribution < 1.29 is 8.42 Å². The van der Waals surface area contributed by atoms with Crippen LogP contribution >= 0.6 is 0 Å². The molecule has 0 aliphatic carbocycles. The van der Waals surface area contributed by atoms with Crippen LogP contribution in [0.4, 0.5) is 0 Å². The van der Waals surface area contributed by atoms with Crippen LogP contribution in [0.2, 0.25) is 0 Å². The predicted octanol–water partition coefficient (Wildman–Crippen LogP) is 1.89. The summed E-state index contributed by atoms with van der Waals surface area (Å²) in [5.41, 5.74) is 2.90. The van der Waals surface area contributed by atoms with Crippen LogP contribution < -0.4 is 5.32 Å². The molecule has 7 heteroatoms. The Labute approximate surface area is 161 Å². The first-order valence-electron chi connectivity index (χ1n) is 9.42. The Morgan fingerprint density at radius 1 is 0.926 bits per heavy atom. The standard InChI is InChI=1S/C20H26N4O2S/c1-20(2,23-11-9-21-10-12-23)19-8-5-17(15-22-19)16-3-6-18(7-4-16)27(25,26)24-13-14-24/h3-8,15,21H,9-14H2,1-2H3. The van der Waals surface area contributed by atoms with Gasteiger partial charge in [-0.15, -0.1) is 0 Å². The maximum atomic E-state index is 12.3. The fourth-order valence-electron chi connectivity index (χ4n) is 3.56. The molecule has 1 aromatic carbocycles. The fraction of sp³-hybridized carbons (Fsp3) is 0.450. The van der Waals surface area contributed by atoms with Crippen molar-refractivity contribution in [2.45, 2.75) is 24.3 Å². The summed E-state index contributed by atoms with van der Waals surface area (Å²) >= 11 is 0. The molecule has 0 saturated carbocycles. The van der Waals surface area contributed by atoms with E-state index in [0.717, 1.165) is 43.0 Å². The smallest absolute Gasteiger partial charge is 0.243 e. The van der Waals surface area contributed by atoms with Gasteiger partial charge in [-0.3, -0.25) is 9.88 Å². The van der Waals surface area contributed by atoms with Crippen molar-refractivity contribution >= 4 is 10.0 Å². The van der Waals surface area contributed by atoms with Crippen LogP contribution in [0, 0.1) is 0 Å². The molecule has 2 saturated heterocycles. The second-order valence-corrected chi connectivity index (χ2v) is 9.59. The van der Waals surface area contributed by atoms with Gasteiger partial charge in [0, 0.05) is 51.0 Å². The van der Waals surface area contributed by atoms with Gasteiger partial charge in [-0.1, -0.05) is 18.2 Å². The topological polar surface area (TPSA) is 65.3 Å². The maximum absolute atomic E-state index is 12.3. The molecule has 3 heterocycles. The van der Waals surface area contributed by atoms with Gasteiger partial charge >= 0.3 is 0 Å². The first kappa shape index (κ1) is 18.6. The Hall–Kier alpha value is -1.80. The summed E-state index contributed by atoms with van der Waals surface area (Å²) in [6.07, 6.45) is 1.88. The Kier molecular flexibility index (Phi) is 4.80. The molecule has 0 atom stereocenters. The van der Waals surface area contributed by atoms with Gasteiger partial charge in [0.2, 0.25) is 10.0 Å². The molecule has 144 valence electrons. The number of nitrogens with zero attached hydrogens (tertiary/aromatic N) is 3. The molecule has 0 amide bonds. The molecule has 0 spiro atoms. The number of pyridine rings is 1. The molecule has 2 fully saturated rings. The highest BCUT2D eigenvalue weighted by Crippen LogP contribution is 2.29. The van der Waals surface area contributed by atoms with Gasteiger partial charge in [-0.05, 0) is 37.6 Å². The zero-order chi connectivity index (χ0) is 19.1. The van der Waals surface area contributed by atoms with Crippen LogP contribution in [-0.4, -0.2) is 61.9 Å². The second-order valence-electron chi connectivity index (χ2n) is 7.66. The predicted molar refractivity (Wildman–Crippen MR) is 106 cm³/mol. The minimum Gasteiger partial charge on any atom is -0.314 e. The molecule has 2 aliphatic heterocycles. The van der Waals surface area contributed by atoms with E-state index >= 15 is 0 Å². The minimum absolute atomic E-state index is 0.114. The van der Waals surface area contributed by atoms with Crippen LogP contribution in [0.1, 0.15) is 19.5 Å². The van der Waals surface area contributed by atoms with Crippen LogP contribution in [0.15, 0.2) is 47.5 Å². The van der Waals surface area contributed by atoms with E-state index in [1.54, 1.807) is 12.1 Å². The molecule has 0 unspecified atom stereocenters. The van der Waals surface area contributed by atoms with E-state index in [1.165, 1.54) is 4.31 Å². The number of rotatable bonds is 5. The summed E-state index contributed by atoms with van der Waals surface area (Å²) in [7, 11) is -3.30. The van der Waals surface area contributed by atoms with E-state index < -0.39 is 10.0 Å². The number of hydrogen-bond acceptors (Lipinski definition) is 5. The van der Waals surface area contributed by atoms with Crippen molar-refractivity contribution in [1.82, 2.24) is 19.5 Å². The lowest BCUT2D eigenvalue weighted by atomic mass is 9.95. The third-order valence-electron chi connectivity index (χ3n) is 5.53. The molecule has 4 rings (SSSR count). The van der Waals surface area contributed by atoms with Crippen molar-refractivity contribution in [3.8, 4) is 11.1 Å². The van der Waals surface area contributed by atoms with Crippen LogP contribution in [0.3, 0.4) is 0 Å². The minimum atomic E-state index is -3.30. The first-order valence-corrected chi connectivity index (χ1v) is 10.9. The quantitative estimate of drug-likeness (QED) is 0.795. The SMILES string of the molecule is CC(C)(c1ccc(-c2ccc(S(=O)(=O)N3CC3)cc2)cn1)N1CCNCC1. The van der Waals surface area contributed by atoms with E-state index in [1.807, 2.05) is 18.3 Å². The molecule has 1 N–H and O–H groups in total. The van der Waals surface area contributed by atoms with Crippen molar-refractivity contribution in [3.05, 3.63) is 48.3 Å². The summed E-state index contributed by atoms with van der Waals surface area (Å²) in [5.74, 6) is 0. The third kappa shape index (κ3) is 3.65. The molecule has 2 aromatic rings. The highest BCUT2D eigenvalue weighted by molar-refractivity contribution is 7.89. The van der Waals surface area contributed by atoms with Crippen molar-refractivity contribution in [1.29, 1.82) is 0 Å². The van der Waals surface area contributed by atoms with Crippen LogP contribution in [-0.2, 0) is 15.6 Å². The lowest BCUT2D eigenvalue weighted by Crippen LogP contribution is -2.52. The zero-order valence-electron chi connectivity index (χ0n) is 15.9. The third-order valence-corrected chi connectivity index (χ3v) is 7.44. The average Bonchev–Trinajstić information content (AvgIpc) is 3.55. The number of nitrogens with one attached hydrogen (secondary N) is 1. The summed E-state index contributed by atoms with van der Waals surface area (Å²) in [6.45, 7) is 9.73. The zero-order valence-corrected chi connectivity index (χ0v) is 16.7. The number of hydrogen-bond donors (Lipinski definition) is 1. The highest BCUT2D eigenvalue weighted by atomic mass is 32.2. The Morgan fingerprint density at radius 2 is 1.56 bits per heavy atom. The molecule has 6 nitrogen and oxygen atoms in total. The lowest BCUT2D eigenvalue weighted by Gasteiger charge is -2.40. The monoisotopic (exact) mass is 386 g/mol. The normalized spacial score (nSPS) is 19.2. The van der Waals surface area contributed by atoms with Gasteiger partial charge in [0.05, 0.1) is 16.1 Å². The number of sulfonamides is 1. The fourth-order valence-corrected chi connectivity index (χ4v) is 4.90. The Bertz CT molecular complexity index is 898. The number of benzene rings is 1. The molecular weight excluding hydrogens is 360 g/mol. The number of aromatic nitrogens is 1. The average molecular weight is 387 g/mol. The molecule has 0 radical (unpaired) electrons. The molecule has 2 aliphatic rings. The van der Waals surface area contributed by atoms with Crippen LogP contribution in [0.25, 0.3) is 11.1 Å². The van der Waals surface area contributed by atoms with Gasteiger partial charge in [-0.2, -0.15) is 4.31 Å². The van der Waals surface area contributed by atoms with E-state index in [-0.39, 0.29) is 5.54 Å². The van der Waals surface area contributed by atoms with E-state index in [9.17, 15) is 8.42 Å². The molecule has 27 heavy (non-hydrogen) atoms. The summed E-state index contributed by atoms with van der Waals surface area (Å²) in [5, 5.41) is 3.39. The van der Waals surface area contributed by atoms with Gasteiger partial charge in [0.1, 0.15) is 0 Å². The van der Waals surface area contributed by atoms with Gasteiger partial charge in [0.25, 0.3) is 0 Å². The van der Waals surface area contributed by atoms with E-state index in [2.05, 4.69) is 36.2 Å². The van der Waals surface area contributed by atoms with Crippen LogP contribution in [0.5, 0.6) is 0 Å². The first-order chi connectivity index (χ1) is 12.9. The Balaban J connectivity index is 1.53. The van der Waals surface area contributed by atoms with Gasteiger partial charge in [0.15, 0.2) is 0 Å². The van der Waals surface area contributed by atoms with Gasteiger partial charge < -0.3 is 5.32 Å². The summed E-state index contributed by atoms with van der Waals surface area (Å²) in [6, 6.07) is 11.2. The van der Waals surface area contributed by atoms with E-state index in [0.29, 0.717) is 18.0 Å². The van der Waals surface area contributed by atoms with Crippen molar-refractivity contribution in [2.75, 3.05) is 39.3 Å². The largest absolute Gasteiger partial charge is 0.314 e. The summed E-state index contributed by atoms with van der Waals surface area (Å²) in [4.78, 5) is 7.53. The summed E-state index contributed by atoms with van der Waals surface area (Å²) < 4.78 is 26.0. The molecular formula is C20H26N4O2S. The highest BCUT2D eigenvalue weighted by Gasteiger charge is 2.33. The Morgan fingerprint density at radius 3 is 2.11 bits per heavy atom. The van der Waals surface area contributed by atoms with Crippen molar-refractivity contribution in [2.24, 2.45) is 0 Å².